The first-order valence-corrected chi connectivity index (χ1v) is 11.3. The molecule has 1 aliphatic heterocycles. The number of ketones is 2. The number of hydrogen-bond donors (Lipinski definition) is 1. The number of allylic oxidation sites excluding steroid dienone is 4. The van der Waals surface area contributed by atoms with Gasteiger partial charge >= 0.3 is 0 Å². The minimum atomic E-state index is -0.631. The van der Waals surface area contributed by atoms with Crippen LogP contribution < -0.4 is 15.2 Å². The van der Waals surface area contributed by atoms with Crippen LogP contribution in [0.3, 0.4) is 0 Å². The first kappa shape index (κ1) is 22.4. The van der Waals surface area contributed by atoms with E-state index in [-0.39, 0.29) is 28.9 Å². The zero-order valence-electron chi connectivity index (χ0n) is 18.3. The van der Waals surface area contributed by atoms with Crippen molar-refractivity contribution in [2.24, 2.45) is 5.73 Å². The topological polar surface area (TPSA) is 98.9 Å². The number of Topliss-reactive ketones (excluding diaryl/α,β-unsaturated/α-hetero) is 2. The maximum absolute atomic E-state index is 13.1. The molecule has 2 N–H and O–H groups in total. The number of halogens is 1. The molecule has 1 heterocycles. The number of rotatable bonds is 6. The fraction of sp³-hybridized carbons (Fsp3) is 0.458. The van der Waals surface area contributed by atoms with Crippen molar-refractivity contribution in [3.63, 3.8) is 0 Å². The molecule has 0 bridgehead atoms. The number of amides is 1. The predicted molar refractivity (Wildman–Crippen MR) is 120 cm³/mol. The van der Waals surface area contributed by atoms with Crippen molar-refractivity contribution in [1.82, 2.24) is 4.90 Å². The molecule has 0 spiro atoms. The lowest BCUT2D eigenvalue weighted by Gasteiger charge is -2.42. The molecule has 1 aromatic carbocycles. The summed E-state index contributed by atoms with van der Waals surface area (Å²) in [5.41, 5.74) is 9.26. The molecule has 4 rings (SSSR count). The van der Waals surface area contributed by atoms with E-state index in [1.165, 1.54) is 0 Å². The highest BCUT2D eigenvalue weighted by atomic mass is 35.5. The Bertz CT molecular complexity index is 1010. The monoisotopic (exact) mass is 458 g/mol. The second-order valence-corrected chi connectivity index (χ2v) is 8.69. The van der Waals surface area contributed by atoms with Crippen LogP contribution in [-0.4, -0.2) is 42.6 Å². The second kappa shape index (κ2) is 8.98. The second-order valence-electron chi connectivity index (χ2n) is 8.28. The van der Waals surface area contributed by atoms with Crippen molar-refractivity contribution in [2.75, 3.05) is 20.3 Å². The molecular weight excluding hydrogens is 432 g/mol. The summed E-state index contributed by atoms with van der Waals surface area (Å²) in [6, 6.07) is 3.47. The van der Waals surface area contributed by atoms with Gasteiger partial charge in [-0.15, -0.1) is 0 Å². The number of carbonyl (C=O) groups excluding carboxylic acids is 3. The van der Waals surface area contributed by atoms with Gasteiger partial charge in [0.05, 0.1) is 11.6 Å². The Balaban J connectivity index is 1.89. The van der Waals surface area contributed by atoms with Crippen molar-refractivity contribution < 1.29 is 23.9 Å². The Morgan fingerprint density at radius 2 is 1.66 bits per heavy atom. The molecule has 0 saturated carbocycles. The van der Waals surface area contributed by atoms with Crippen LogP contribution in [0.5, 0.6) is 11.5 Å². The van der Waals surface area contributed by atoms with Crippen molar-refractivity contribution in [3.05, 3.63) is 45.3 Å². The molecule has 3 aliphatic rings. The summed E-state index contributed by atoms with van der Waals surface area (Å²) in [7, 11) is 1.96. The molecule has 0 fully saturated rings. The van der Waals surface area contributed by atoms with Crippen molar-refractivity contribution >= 4 is 29.1 Å². The number of ether oxygens (including phenoxy) is 2. The van der Waals surface area contributed by atoms with E-state index in [0.717, 1.165) is 37.1 Å². The average molecular weight is 459 g/mol. The van der Waals surface area contributed by atoms with E-state index in [2.05, 4.69) is 4.90 Å². The fourth-order valence-corrected chi connectivity index (χ4v) is 5.26. The molecule has 170 valence electrons. The van der Waals surface area contributed by atoms with E-state index in [9.17, 15) is 14.4 Å². The van der Waals surface area contributed by atoms with E-state index in [4.69, 9.17) is 26.8 Å². The smallest absolute Gasteiger partial charge is 0.255 e. The molecule has 0 unspecified atom stereocenters. The van der Waals surface area contributed by atoms with Gasteiger partial charge in [-0.1, -0.05) is 11.6 Å². The van der Waals surface area contributed by atoms with Gasteiger partial charge in [-0.2, -0.15) is 0 Å². The lowest BCUT2D eigenvalue weighted by Crippen LogP contribution is -2.37. The van der Waals surface area contributed by atoms with Gasteiger partial charge in [0.1, 0.15) is 0 Å². The highest BCUT2D eigenvalue weighted by molar-refractivity contribution is 6.32. The largest absolute Gasteiger partial charge is 0.490 e. The Kier molecular flexibility index (Phi) is 6.29. The van der Waals surface area contributed by atoms with Gasteiger partial charge in [0, 0.05) is 48.3 Å². The van der Waals surface area contributed by atoms with E-state index in [1.54, 1.807) is 12.1 Å². The molecule has 0 atom stereocenters. The third-order valence-electron chi connectivity index (χ3n) is 6.27. The summed E-state index contributed by atoms with van der Waals surface area (Å²) in [4.78, 5) is 39.5. The maximum Gasteiger partial charge on any atom is 0.255 e. The number of nitrogens with zero attached hydrogens (tertiary/aromatic N) is 1. The molecule has 2 aliphatic carbocycles. The normalized spacial score (nSPS) is 19.2. The van der Waals surface area contributed by atoms with Crippen LogP contribution in [-0.2, 0) is 14.4 Å². The Labute approximate surface area is 192 Å². The van der Waals surface area contributed by atoms with Gasteiger partial charge in [0.2, 0.25) is 0 Å². The summed E-state index contributed by atoms with van der Waals surface area (Å²) in [5, 5.41) is 0.238. The first-order chi connectivity index (χ1) is 15.3. The van der Waals surface area contributed by atoms with Crippen molar-refractivity contribution in [3.8, 4) is 11.5 Å². The van der Waals surface area contributed by atoms with E-state index < -0.39 is 11.8 Å². The highest BCUT2D eigenvalue weighted by Gasteiger charge is 2.42. The lowest BCUT2D eigenvalue weighted by atomic mass is 9.71. The molecule has 1 aromatic rings. The molecule has 1 amide bonds. The van der Waals surface area contributed by atoms with Crippen LogP contribution in [0.1, 0.15) is 56.9 Å². The van der Waals surface area contributed by atoms with Gasteiger partial charge in [-0.25, -0.2) is 0 Å². The van der Waals surface area contributed by atoms with Gasteiger partial charge in [0.25, 0.3) is 5.91 Å². The Hall–Kier alpha value is -2.80. The predicted octanol–water partition coefficient (Wildman–Crippen LogP) is 3.65. The first-order valence-electron chi connectivity index (χ1n) is 11.0. The average Bonchev–Trinajstić information content (AvgIpc) is 2.74. The van der Waals surface area contributed by atoms with E-state index in [0.29, 0.717) is 41.9 Å². The highest BCUT2D eigenvalue weighted by Crippen LogP contribution is 2.50. The van der Waals surface area contributed by atoms with E-state index in [1.807, 2.05) is 14.0 Å². The number of benzene rings is 1. The molecule has 0 saturated heterocycles. The summed E-state index contributed by atoms with van der Waals surface area (Å²) in [6.07, 6.45) is 4.12. The van der Waals surface area contributed by atoms with Crippen LogP contribution >= 0.6 is 11.6 Å². The van der Waals surface area contributed by atoms with Crippen LogP contribution in [0.2, 0.25) is 5.02 Å². The molecular formula is C24H27ClN2O5. The SMILES string of the molecule is CCOc1cc(C2C3=C(CCCC3=O)N(C)C3=C2C(=O)CCC3)cc(Cl)c1OCC(N)=O. The molecule has 7 nitrogen and oxygen atoms in total. The van der Waals surface area contributed by atoms with Crippen molar-refractivity contribution in [2.45, 2.75) is 51.4 Å². The Morgan fingerprint density at radius 3 is 2.19 bits per heavy atom. The van der Waals surface area contributed by atoms with Crippen molar-refractivity contribution in [1.29, 1.82) is 0 Å². The van der Waals surface area contributed by atoms with Crippen LogP contribution in [0.4, 0.5) is 0 Å². The summed E-state index contributed by atoms with van der Waals surface area (Å²) in [6.45, 7) is 1.83. The number of carbonyl (C=O) groups is 3. The summed E-state index contributed by atoms with van der Waals surface area (Å²) < 4.78 is 11.3. The quantitative estimate of drug-likeness (QED) is 0.698. The number of nitrogens with two attached hydrogens (primary N) is 1. The number of primary amides is 1. The van der Waals surface area contributed by atoms with Gasteiger partial charge in [0.15, 0.2) is 29.7 Å². The standard InChI is InChI=1S/C24H27ClN2O5/c1-3-31-19-11-13(10-14(25)24(19)32-12-20(26)30)21-22-15(6-4-8-17(22)28)27(2)16-7-5-9-18(29)23(16)21/h10-11,21H,3-9,12H2,1-2H3,(H2,26,30). The zero-order chi connectivity index (χ0) is 23.0. The third kappa shape index (κ3) is 3.90. The van der Waals surface area contributed by atoms with Crippen LogP contribution in [0, 0.1) is 0 Å². The molecule has 0 aromatic heterocycles. The van der Waals surface area contributed by atoms with Gasteiger partial charge in [-0.3, -0.25) is 14.4 Å². The zero-order valence-corrected chi connectivity index (χ0v) is 19.1. The van der Waals surface area contributed by atoms with Gasteiger partial charge in [-0.05, 0) is 50.3 Å². The molecule has 32 heavy (non-hydrogen) atoms. The molecule has 8 heteroatoms. The lowest BCUT2D eigenvalue weighted by molar-refractivity contribution is -0.120. The molecule has 0 radical (unpaired) electrons. The summed E-state index contributed by atoms with van der Waals surface area (Å²) in [5.74, 6) is -0.414. The minimum Gasteiger partial charge on any atom is -0.490 e. The fourth-order valence-electron chi connectivity index (χ4n) is 4.99. The van der Waals surface area contributed by atoms with Crippen LogP contribution in [0.15, 0.2) is 34.7 Å². The number of hydrogen-bond acceptors (Lipinski definition) is 6. The summed E-state index contributed by atoms with van der Waals surface area (Å²) >= 11 is 6.56. The third-order valence-corrected chi connectivity index (χ3v) is 6.55. The maximum atomic E-state index is 13.1. The van der Waals surface area contributed by atoms with Gasteiger partial charge < -0.3 is 20.1 Å². The van der Waals surface area contributed by atoms with Crippen LogP contribution in [0.25, 0.3) is 0 Å². The minimum absolute atomic E-state index is 0.0659. The Morgan fingerprint density at radius 1 is 1.06 bits per heavy atom. The van der Waals surface area contributed by atoms with E-state index >= 15 is 0 Å².